The number of ether oxygens (including phenoxy) is 1. The van der Waals surface area contributed by atoms with Crippen molar-refractivity contribution in [2.45, 2.75) is 64.5 Å². The Labute approximate surface area is 128 Å². The van der Waals surface area contributed by atoms with Crippen LogP contribution in [0.15, 0.2) is 30.3 Å². The van der Waals surface area contributed by atoms with E-state index in [2.05, 4.69) is 24.3 Å². The second-order valence-electron chi connectivity index (χ2n) is 5.97. The van der Waals surface area contributed by atoms with Crippen LogP contribution in [-0.2, 0) is 11.2 Å². The van der Waals surface area contributed by atoms with Gasteiger partial charge < -0.3 is 9.64 Å². The molecular weight excluding hydrogens is 262 g/mol. The maximum atomic E-state index is 12.3. The molecule has 116 valence electrons. The van der Waals surface area contributed by atoms with Crippen molar-refractivity contribution in [2.75, 3.05) is 6.54 Å². The van der Waals surface area contributed by atoms with E-state index in [0.717, 1.165) is 38.6 Å². The predicted octanol–water partition coefficient (Wildman–Crippen LogP) is 4.41. The van der Waals surface area contributed by atoms with Crippen molar-refractivity contribution in [1.82, 2.24) is 4.90 Å². The first-order valence-corrected chi connectivity index (χ1v) is 8.22. The van der Waals surface area contributed by atoms with E-state index in [4.69, 9.17) is 4.74 Å². The first-order chi connectivity index (χ1) is 10.2. The number of aryl methyl sites for hydroxylation is 1. The van der Waals surface area contributed by atoms with Gasteiger partial charge >= 0.3 is 6.09 Å². The summed E-state index contributed by atoms with van der Waals surface area (Å²) in [5, 5.41) is 0. The average Bonchev–Trinajstić information content (AvgIpc) is 2.54. The summed E-state index contributed by atoms with van der Waals surface area (Å²) in [5.41, 5.74) is 1.35. The van der Waals surface area contributed by atoms with Crippen LogP contribution in [0.2, 0.25) is 0 Å². The number of nitrogens with zero attached hydrogens (tertiary/aromatic N) is 1. The molecular formula is C18H27NO2. The fraction of sp³-hybridized carbons (Fsp3) is 0.611. The standard InChI is InChI=1S/C18H27NO2/c1-3-15(2)21-18(20)19-14-8-7-11-17(19)13-12-16-9-5-4-6-10-16/h4-6,9-10,15,17H,3,7-8,11-14H2,1-2H3. The fourth-order valence-corrected chi connectivity index (χ4v) is 2.84. The van der Waals surface area contributed by atoms with Crippen LogP contribution in [0.25, 0.3) is 0 Å². The van der Waals surface area contributed by atoms with E-state index in [-0.39, 0.29) is 12.2 Å². The zero-order valence-corrected chi connectivity index (χ0v) is 13.3. The van der Waals surface area contributed by atoms with Gasteiger partial charge in [0.15, 0.2) is 0 Å². The summed E-state index contributed by atoms with van der Waals surface area (Å²) in [5.74, 6) is 0. The van der Waals surface area contributed by atoms with Crippen LogP contribution in [0.1, 0.15) is 51.5 Å². The van der Waals surface area contributed by atoms with Gasteiger partial charge in [-0.3, -0.25) is 0 Å². The molecule has 1 heterocycles. The molecule has 2 unspecified atom stereocenters. The number of benzene rings is 1. The molecule has 0 N–H and O–H groups in total. The minimum atomic E-state index is -0.123. The lowest BCUT2D eigenvalue weighted by molar-refractivity contribution is 0.0447. The molecule has 0 bridgehead atoms. The van der Waals surface area contributed by atoms with Crippen molar-refractivity contribution in [3.8, 4) is 0 Å². The van der Waals surface area contributed by atoms with Crippen LogP contribution in [0.3, 0.4) is 0 Å². The van der Waals surface area contributed by atoms with Crippen LogP contribution in [-0.4, -0.2) is 29.7 Å². The summed E-state index contributed by atoms with van der Waals surface area (Å²) in [6.07, 6.45) is 6.22. The zero-order valence-electron chi connectivity index (χ0n) is 13.3. The van der Waals surface area contributed by atoms with Crippen LogP contribution in [0.5, 0.6) is 0 Å². The SMILES string of the molecule is CCC(C)OC(=O)N1CCCCC1CCc1ccccc1. The van der Waals surface area contributed by atoms with Crippen LogP contribution in [0, 0.1) is 0 Å². The molecule has 0 aliphatic carbocycles. The van der Waals surface area contributed by atoms with E-state index >= 15 is 0 Å². The highest BCUT2D eigenvalue weighted by Gasteiger charge is 2.28. The molecule has 1 aliphatic heterocycles. The lowest BCUT2D eigenvalue weighted by Crippen LogP contribution is -2.45. The minimum Gasteiger partial charge on any atom is -0.446 e. The molecule has 1 aromatic rings. The van der Waals surface area contributed by atoms with E-state index in [1.54, 1.807) is 0 Å². The quantitative estimate of drug-likeness (QED) is 0.803. The molecule has 1 aliphatic rings. The third kappa shape index (κ3) is 4.76. The lowest BCUT2D eigenvalue weighted by Gasteiger charge is -2.35. The number of hydrogen-bond donors (Lipinski definition) is 0. The Morgan fingerprint density at radius 3 is 2.81 bits per heavy atom. The van der Waals surface area contributed by atoms with Gasteiger partial charge in [-0.2, -0.15) is 0 Å². The zero-order chi connectivity index (χ0) is 15.1. The monoisotopic (exact) mass is 289 g/mol. The second kappa shape index (κ2) is 8.06. The lowest BCUT2D eigenvalue weighted by atomic mass is 9.96. The van der Waals surface area contributed by atoms with E-state index in [9.17, 15) is 4.79 Å². The molecule has 1 aromatic carbocycles. The smallest absolute Gasteiger partial charge is 0.410 e. The van der Waals surface area contributed by atoms with Gasteiger partial charge in [-0.15, -0.1) is 0 Å². The first kappa shape index (κ1) is 15.9. The van der Waals surface area contributed by atoms with Crippen molar-refractivity contribution in [3.05, 3.63) is 35.9 Å². The number of piperidine rings is 1. The maximum Gasteiger partial charge on any atom is 0.410 e. The Kier molecular flexibility index (Phi) is 6.09. The Balaban J connectivity index is 1.90. The van der Waals surface area contributed by atoms with Crippen molar-refractivity contribution in [2.24, 2.45) is 0 Å². The van der Waals surface area contributed by atoms with Crippen molar-refractivity contribution >= 4 is 6.09 Å². The van der Waals surface area contributed by atoms with Gasteiger partial charge in [0.1, 0.15) is 6.10 Å². The largest absolute Gasteiger partial charge is 0.446 e. The number of rotatable bonds is 5. The summed E-state index contributed by atoms with van der Waals surface area (Å²) >= 11 is 0. The first-order valence-electron chi connectivity index (χ1n) is 8.22. The summed E-state index contributed by atoms with van der Waals surface area (Å²) in [4.78, 5) is 14.2. The maximum absolute atomic E-state index is 12.3. The molecule has 0 spiro atoms. The molecule has 2 rings (SSSR count). The number of carbonyl (C=O) groups excluding carboxylic acids is 1. The molecule has 1 amide bonds. The Morgan fingerprint density at radius 1 is 1.33 bits per heavy atom. The second-order valence-corrected chi connectivity index (χ2v) is 5.97. The fourth-order valence-electron chi connectivity index (χ4n) is 2.84. The van der Waals surface area contributed by atoms with Gasteiger partial charge in [-0.1, -0.05) is 37.3 Å². The molecule has 3 heteroatoms. The molecule has 1 saturated heterocycles. The van der Waals surface area contributed by atoms with Crippen LogP contribution < -0.4 is 0 Å². The van der Waals surface area contributed by atoms with Crippen molar-refractivity contribution in [1.29, 1.82) is 0 Å². The molecule has 3 nitrogen and oxygen atoms in total. The highest BCUT2D eigenvalue weighted by atomic mass is 16.6. The number of likely N-dealkylation sites (tertiary alicyclic amines) is 1. The van der Waals surface area contributed by atoms with E-state index in [0.29, 0.717) is 6.04 Å². The molecule has 1 fully saturated rings. The van der Waals surface area contributed by atoms with Gasteiger partial charge in [-0.05, 0) is 51.0 Å². The number of carbonyl (C=O) groups is 1. The predicted molar refractivity (Wildman–Crippen MR) is 85.3 cm³/mol. The third-order valence-electron chi connectivity index (χ3n) is 4.35. The van der Waals surface area contributed by atoms with Gasteiger partial charge in [0.05, 0.1) is 0 Å². The normalized spacial score (nSPS) is 20.1. The molecule has 2 atom stereocenters. The minimum absolute atomic E-state index is 0.00852. The molecule has 21 heavy (non-hydrogen) atoms. The van der Waals surface area contributed by atoms with Gasteiger partial charge in [-0.25, -0.2) is 4.79 Å². The van der Waals surface area contributed by atoms with E-state index in [1.165, 1.54) is 12.0 Å². The van der Waals surface area contributed by atoms with Gasteiger partial charge in [0.2, 0.25) is 0 Å². The summed E-state index contributed by atoms with van der Waals surface area (Å²) in [7, 11) is 0. The van der Waals surface area contributed by atoms with Crippen molar-refractivity contribution in [3.63, 3.8) is 0 Å². The summed E-state index contributed by atoms with van der Waals surface area (Å²) in [6.45, 7) is 4.84. The highest BCUT2D eigenvalue weighted by molar-refractivity contribution is 5.68. The van der Waals surface area contributed by atoms with Gasteiger partial charge in [0.25, 0.3) is 0 Å². The van der Waals surface area contributed by atoms with Crippen LogP contribution in [0.4, 0.5) is 4.79 Å². The average molecular weight is 289 g/mol. The van der Waals surface area contributed by atoms with Crippen molar-refractivity contribution < 1.29 is 9.53 Å². The van der Waals surface area contributed by atoms with E-state index in [1.807, 2.05) is 24.8 Å². The summed E-state index contributed by atoms with van der Waals surface area (Å²) in [6, 6.07) is 10.8. The highest BCUT2D eigenvalue weighted by Crippen LogP contribution is 2.22. The molecule has 0 radical (unpaired) electrons. The summed E-state index contributed by atoms with van der Waals surface area (Å²) < 4.78 is 5.51. The third-order valence-corrected chi connectivity index (χ3v) is 4.35. The number of hydrogen-bond acceptors (Lipinski definition) is 2. The Hall–Kier alpha value is -1.51. The van der Waals surface area contributed by atoms with E-state index < -0.39 is 0 Å². The topological polar surface area (TPSA) is 29.5 Å². The molecule has 0 saturated carbocycles. The van der Waals surface area contributed by atoms with Gasteiger partial charge in [0, 0.05) is 12.6 Å². The Morgan fingerprint density at radius 2 is 2.10 bits per heavy atom. The number of amides is 1. The van der Waals surface area contributed by atoms with Crippen LogP contribution >= 0.6 is 0 Å². The molecule has 0 aromatic heterocycles. The Bertz CT molecular complexity index is 432.